The van der Waals surface area contributed by atoms with Gasteiger partial charge in [0.2, 0.25) is 5.91 Å². The molecule has 2 aliphatic rings. The van der Waals surface area contributed by atoms with Crippen LogP contribution in [0.4, 0.5) is 18.9 Å². The summed E-state index contributed by atoms with van der Waals surface area (Å²) >= 11 is 0. The number of carbonyl (C=O) groups is 1. The zero-order chi connectivity index (χ0) is 26.1. The molecule has 0 bridgehead atoms. The molecule has 2 aromatic heterocycles. The second kappa shape index (κ2) is 9.95. The number of piperidine rings is 1. The third-order valence-electron chi connectivity index (χ3n) is 6.40. The molecule has 34 heavy (non-hydrogen) atoms. The van der Waals surface area contributed by atoms with E-state index in [1.807, 2.05) is 0 Å². The van der Waals surface area contributed by atoms with E-state index < -0.39 is 17.6 Å². The summed E-state index contributed by atoms with van der Waals surface area (Å²) in [6.45, 7) is 8.44. The van der Waals surface area contributed by atoms with Crippen LogP contribution in [0.2, 0.25) is 0 Å². The number of nitrogens with one attached hydrogen (secondary N) is 1. The number of hydrogen-bond donors (Lipinski definition) is 1. The molecule has 2 saturated heterocycles. The number of halogens is 3. The lowest BCUT2D eigenvalue weighted by Crippen LogP contribution is -2.51. The zero-order valence-corrected chi connectivity index (χ0v) is 19.3. The van der Waals surface area contributed by atoms with Crippen molar-refractivity contribution in [1.82, 2.24) is 19.2 Å². The van der Waals surface area contributed by atoms with Crippen LogP contribution in [0.5, 0.6) is 0 Å². The molecule has 0 saturated carbocycles. The second-order valence-corrected chi connectivity index (χ2v) is 8.96. The maximum Gasteiger partial charge on any atom is 0.417 e. The fourth-order valence-electron chi connectivity index (χ4n) is 4.59. The number of ether oxygens (including phenoxy) is 1. The van der Waals surface area contributed by atoms with Crippen LogP contribution in [-0.2, 0) is 15.7 Å². The molecule has 4 heterocycles. The number of morpholine rings is 1. The molecule has 2 atom stereocenters. The van der Waals surface area contributed by atoms with Gasteiger partial charge in [-0.2, -0.15) is 13.2 Å². The molecule has 2 fully saturated rings. The molecule has 2 aromatic rings. The summed E-state index contributed by atoms with van der Waals surface area (Å²) in [5, 5.41) is 3.26. The van der Waals surface area contributed by atoms with Gasteiger partial charge in [-0.15, -0.1) is 0 Å². The van der Waals surface area contributed by atoms with Gasteiger partial charge in [-0.3, -0.25) is 4.79 Å². The van der Waals surface area contributed by atoms with Crippen molar-refractivity contribution < 1.29 is 25.4 Å². The van der Waals surface area contributed by atoms with E-state index in [0.29, 0.717) is 31.9 Å². The monoisotopic (exact) mass is 481 g/mol. The smallest absolute Gasteiger partial charge is 0.379 e. The van der Waals surface area contributed by atoms with Gasteiger partial charge in [0.05, 0.1) is 24.0 Å². The zero-order valence-electron chi connectivity index (χ0n) is 21.3. The van der Waals surface area contributed by atoms with E-state index >= 15 is 0 Å². The summed E-state index contributed by atoms with van der Waals surface area (Å²) in [5.74, 6) is -1.49. The molecule has 1 unspecified atom stereocenters. The quantitative estimate of drug-likeness (QED) is 0.637. The topological polar surface area (TPSA) is 62.1 Å². The Balaban J connectivity index is 1.44. The average molecular weight is 482 g/mol. The summed E-state index contributed by atoms with van der Waals surface area (Å²) in [7, 11) is 0. The second-order valence-electron chi connectivity index (χ2n) is 8.96. The Labute approximate surface area is 200 Å². The van der Waals surface area contributed by atoms with Gasteiger partial charge in [0, 0.05) is 59.6 Å². The first kappa shape index (κ1) is 21.9. The third-order valence-corrected chi connectivity index (χ3v) is 6.40. The van der Waals surface area contributed by atoms with Gasteiger partial charge in [0.25, 0.3) is 0 Å². The Hall–Kier alpha value is -2.59. The summed E-state index contributed by atoms with van der Waals surface area (Å²) in [4.78, 5) is 20.2. The predicted molar refractivity (Wildman–Crippen MR) is 124 cm³/mol. The van der Waals surface area contributed by atoms with Gasteiger partial charge in [-0.05, 0) is 30.9 Å². The Morgan fingerprint density at radius 3 is 2.88 bits per heavy atom. The van der Waals surface area contributed by atoms with Crippen molar-refractivity contribution in [2.75, 3.05) is 44.6 Å². The van der Waals surface area contributed by atoms with Crippen molar-refractivity contribution in [2.24, 2.45) is 0 Å². The highest BCUT2D eigenvalue weighted by atomic mass is 19.4. The Kier molecular flexibility index (Phi) is 6.41. The van der Waals surface area contributed by atoms with Crippen LogP contribution < -0.4 is 5.32 Å². The van der Waals surface area contributed by atoms with Gasteiger partial charge in [0.15, 0.2) is 5.65 Å². The highest BCUT2D eigenvalue weighted by Gasteiger charge is 2.33. The highest BCUT2D eigenvalue weighted by Crippen LogP contribution is 2.34. The Morgan fingerprint density at radius 2 is 2.21 bits per heavy atom. The predicted octanol–water partition coefficient (Wildman–Crippen LogP) is 3.77. The number of pyridine rings is 1. The SMILES string of the molecule is [2H]CC([2H])(C)c1cnc2c(NC3CCN(C[C@H]4CN(C(=O)C=C)CCO4)CC3)cc(C(F)(F)F)cn12. The first-order chi connectivity index (χ1) is 17.0. The number of anilines is 1. The van der Waals surface area contributed by atoms with Gasteiger partial charge < -0.3 is 24.3 Å². The maximum atomic E-state index is 13.7. The molecule has 0 radical (unpaired) electrons. The number of amides is 1. The lowest BCUT2D eigenvalue weighted by atomic mass is 10.0. The van der Waals surface area contributed by atoms with Crippen molar-refractivity contribution in [2.45, 2.75) is 50.9 Å². The van der Waals surface area contributed by atoms with E-state index in [4.69, 9.17) is 7.48 Å². The fraction of sp³-hybridized carbons (Fsp3) is 0.583. The minimum atomic E-state index is -4.56. The molecule has 2 aliphatic heterocycles. The number of rotatable bonds is 6. The molecule has 0 aliphatic carbocycles. The van der Waals surface area contributed by atoms with Crippen molar-refractivity contribution in [3.05, 3.63) is 42.4 Å². The lowest BCUT2D eigenvalue weighted by Gasteiger charge is -2.38. The van der Waals surface area contributed by atoms with Crippen LogP contribution in [0.3, 0.4) is 0 Å². The van der Waals surface area contributed by atoms with Crippen molar-refractivity contribution >= 4 is 17.2 Å². The number of carbonyl (C=O) groups excluding carboxylic acids is 1. The van der Waals surface area contributed by atoms with Crippen molar-refractivity contribution in [3.8, 4) is 0 Å². The molecular weight excluding hydrogens is 447 g/mol. The highest BCUT2D eigenvalue weighted by molar-refractivity contribution is 5.87. The summed E-state index contributed by atoms with van der Waals surface area (Å²) in [6.07, 6.45) is 0.449. The molecule has 1 amide bonds. The van der Waals surface area contributed by atoms with Gasteiger partial charge in [0.1, 0.15) is 0 Å². The molecule has 0 spiro atoms. The number of imidazole rings is 1. The summed E-state index contributed by atoms with van der Waals surface area (Å²) in [5.41, 5.74) is -0.00425. The van der Waals surface area contributed by atoms with Crippen LogP contribution in [0, 0.1) is 0 Å². The molecule has 4 rings (SSSR count). The maximum absolute atomic E-state index is 13.7. The van der Waals surface area contributed by atoms with Crippen LogP contribution in [0.1, 0.15) is 46.6 Å². The minimum Gasteiger partial charge on any atom is -0.379 e. The number of likely N-dealkylation sites (tertiary alicyclic amines) is 1. The number of nitrogens with zero attached hydrogens (tertiary/aromatic N) is 4. The van der Waals surface area contributed by atoms with Crippen LogP contribution >= 0.6 is 0 Å². The number of hydrogen-bond acceptors (Lipinski definition) is 5. The summed E-state index contributed by atoms with van der Waals surface area (Å²) < 4.78 is 64.1. The van der Waals surface area contributed by atoms with E-state index in [0.717, 1.165) is 38.2 Å². The Bertz CT molecular complexity index is 1100. The fourth-order valence-corrected chi connectivity index (χ4v) is 4.59. The van der Waals surface area contributed by atoms with Gasteiger partial charge >= 0.3 is 6.18 Å². The van der Waals surface area contributed by atoms with Gasteiger partial charge in [-0.25, -0.2) is 4.98 Å². The number of alkyl halides is 3. The number of fused-ring (bicyclic) bond motifs is 1. The van der Waals surface area contributed by atoms with Gasteiger partial charge in [-0.1, -0.05) is 20.4 Å². The largest absolute Gasteiger partial charge is 0.417 e. The molecule has 186 valence electrons. The minimum absolute atomic E-state index is 0.0432. The molecule has 10 heteroatoms. The summed E-state index contributed by atoms with van der Waals surface area (Å²) in [6, 6.07) is 1.03. The van der Waals surface area contributed by atoms with E-state index in [9.17, 15) is 18.0 Å². The van der Waals surface area contributed by atoms with E-state index in [1.54, 1.807) is 4.90 Å². The first-order valence-electron chi connectivity index (χ1n) is 12.6. The number of aromatic nitrogens is 2. The van der Waals surface area contributed by atoms with E-state index in [2.05, 4.69) is 21.8 Å². The van der Waals surface area contributed by atoms with E-state index in [-0.39, 0.29) is 36.3 Å². The van der Waals surface area contributed by atoms with Crippen LogP contribution in [0.25, 0.3) is 5.65 Å². The standard InChI is InChI=1S/C24H32F3N5O2/c1-4-22(33)31-9-10-34-19(15-31)14-30-7-5-18(6-8-30)29-20-11-17(24(25,26)27)13-32-21(16(2)3)12-28-23(20)32/h4,11-13,16,18-19,29H,1,5-10,14-15H2,2-3H3/t19-/m0/s1/i2D,16D/t16?,19-. The molecule has 1 N–H and O–H groups in total. The first-order valence-corrected chi connectivity index (χ1v) is 11.4. The van der Waals surface area contributed by atoms with Crippen LogP contribution in [-0.4, -0.2) is 76.6 Å². The molecule has 7 nitrogen and oxygen atoms in total. The molecule has 0 aromatic carbocycles. The third kappa shape index (κ3) is 5.38. The van der Waals surface area contributed by atoms with Crippen LogP contribution in [0.15, 0.2) is 31.1 Å². The Morgan fingerprint density at radius 1 is 1.44 bits per heavy atom. The van der Waals surface area contributed by atoms with Crippen molar-refractivity contribution in [3.63, 3.8) is 0 Å². The van der Waals surface area contributed by atoms with Crippen molar-refractivity contribution in [1.29, 1.82) is 0 Å². The average Bonchev–Trinajstić information content (AvgIpc) is 3.30. The normalized spacial score (nSPS) is 23.3. The lowest BCUT2D eigenvalue weighted by molar-refractivity contribution is -0.138. The molecular formula is C24H32F3N5O2. The van der Waals surface area contributed by atoms with E-state index in [1.165, 1.54) is 23.6 Å².